The lowest BCUT2D eigenvalue weighted by Gasteiger charge is -2.26. The van der Waals surface area contributed by atoms with Crippen LogP contribution in [0.2, 0.25) is 0 Å². The maximum absolute atomic E-state index is 10.7. The highest BCUT2D eigenvalue weighted by Crippen LogP contribution is 2.24. The molecule has 0 spiro atoms. The fourth-order valence-electron chi connectivity index (χ4n) is 3.45. The lowest BCUT2D eigenvalue weighted by atomic mass is 10.2. The Kier molecular flexibility index (Phi) is 9.87. The molecule has 0 saturated carbocycles. The molecule has 2 heterocycles. The van der Waals surface area contributed by atoms with Crippen molar-refractivity contribution in [1.29, 1.82) is 0 Å². The van der Waals surface area contributed by atoms with Gasteiger partial charge in [0.05, 0.1) is 17.2 Å². The summed E-state index contributed by atoms with van der Waals surface area (Å²) < 4.78 is 5.65. The summed E-state index contributed by atoms with van der Waals surface area (Å²) in [6.07, 6.45) is 4.16. The summed E-state index contributed by atoms with van der Waals surface area (Å²) in [5.41, 5.74) is 0.926. The number of hydrogen-bond donors (Lipinski definition) is 3. The van der Waals surface area contributed by atoms with E-state index in [4.69, 9.17) is 4.42 Å². The van der Waals surface area contributed by atoms with E-state index in [1.165, 1.54) is 25.0 Å². The zero-order valence-corrected chi connectivity index (χ0v) is 19.4. The van der Waals surface area contributed by atoms with E-state index >= 15 is 0 Å². The summed E-state index contributed by atoms with van der Waals surface area (Å²) in [6, 6.07) is 10.5. The van der Waals surface area contributed by atoms with Crippen LogP contribution >= 0.6 is 24.0 Å². The van der Waals surface area contributed by atoms with Gasteiger partial charge >= 0.3 is 0 Å². The number of rotatable bonds is 9. The quantitative estimate of drug-likeness (QED) is 0.115. The predicted molar refractivity (Wildman–Crippen MR) is 129 cm³/mol. The molecule has 3 rings (SSSR count). The summed E-state index contributed by atoms with van der Waals surface area (Å²) in [5.74, 6) is 1.70. The van der Waals surface area contributed by atoms with Crippen LogP contribution < -0.4 is 16.0 Å². The third kappa shape index (κ3) is 6.87. The molecule has 30 heavy (non-hydrogen) atoms. The number of nitrogens with one attached hydrogen (secondary N) is 3. The van der Waals surface area contributed by atoms with Crippen LogP contribution in [0.4, 0.5) is 11.4 Å². The van der Waals surface area contributed by atoms with Gasteiger partial charge in [-0.2, -0.15) is 0 Å². The second-order valence-electron chi connectivity index (χ2n) is 6.88. The number of furan rings is 1. The standard InChI is InChI=1S/C20H28N6O3.HI/c1-21-20(23-11-10-22-16-6-8-17(9-7-16)26(27)28)24-15-18(19-5-4-14-29-19)25-12-2-3-13-25;/h4-9,14,18,22H,2-3,10-13,15H2,1H3,(H2,21,23,24);1H. The maximum Gasteiger partial charge on any atom is 0.269 e. The van der Waals surface area contributed by atoms with E-state index in [-0.39, 0.29) is 35.7 Å². The number of guanidine groups is 1. The van der Waals surface area contributed by atoms with Crippen molar-refractivity contribution in [2.75, 3.05) is 45.1 Å². The number of halogens is 1. The molecule has 9 nitrogen and oxygen atoms in total. The van der Waals surface area contributed by atoms with Crippen molar-refractivity contribution < 1.29 is 9.34 Å². The molecule has 0 radical (unpaired) electrons. The van der Waals surface area contributed by atoms with Crippen LogP contribution in [-0.2, 0) is 0 Å². The molecule has 164 valence electrons. The van der Waals surface area contributed by atoms with Crippen molar-refractivity contribution in [2.45, 2.75) is 18.9 Å². The Morgan fingerprint density at radius 3 is 2.53 bits per heavy atom. The van der Waals surface area contributed by atoms with Gasteiger partial charge in [-0.05, 0) is 50.2 Å². The smallest absolute Gasteiger partial charge is 0.269 e. The molecule has 1 aromatic heterocycles. The summed E-state index contributed by atoms with van der Waals surface area (Å²) in [5, 5.41) is 20.6. The minimum atomic E-state index is -0.404. The topological polar surface area (TPSA) is 108 Å². The van der Waals surface area contributed by atoms with Crippen LogP contribution in [0.1, 0.15) is 24.6 Å². The number of aliphatic imine (C=N–C) groups is 1. The summed E-state index contributed by atoms with van der Waals surface area (Å²) in [7, 11) is 1.75. The number of non-ortho nitro benzene ring substituents is 1. The molecule has 0 amide bonds. The van der Waals surface area contributed by atoms with E-state index in [1.54, 1.807) is 25.4 Å². The van der Waals surface area contributed by atoms with Gasteiger partial charge in [-0.1, -0.05) is 0 Å². The fraction of sp³-hybridized carbons (Fsp3) is 0.450. The zero-order chi connectivity index (χ0) is 20.5. The van der Waals surface area contributed by atoms with Gasteiger partial charge in [0, 0.05) is 44.5 Å². The molecular weight excluding hydrogens is 499 g/mol. The van der Waals surface area contributed by atoms with Crippen LogP contribution in [0.25, 0.3) is 0 Å². The van der Waals surface area contributed by atoms with E-state index in [9.17, 15) is 10.1 Å². The van der Waals surface area contributed by atoms with E-state index in [0.29, 0.717) is 19.6 Å². The molecule has 10 heteroatoms. The minimum Gasteiger partial charge on any atom is -0.468 e. The SMILES string of the molecule is CN=C(NCCNc1ccc([N+](=O)[O-])cc1)NCC(c1ccco1)N1CCCC1.I. The number of likely N-dealkylation sites (tertiary alicyclic amines) is 1. The van der Waals surface area contributed by atoms with Crippen LogP contribution in [-0.4, -0.2) is 55.6 Å². The number of nitrogens with zero attached hydrogens (tertiary/aromatic N) is 3. The summed E-state index contributed by atoms with van der Waals surface area (Å²) in [6.45, 7) is 4.19. The second kappa shape index (κ2) is 12.4. The molecule has 1 saturated heterocycles. The lowest BCUT2D eigenvalue weighted by molar-refractivity contribution is -0.384. The third-order valence-corrected chi connectivity index (χ3v) is 4.96. The fourth-order valence-corrected chi connectivity index (χ4v) is 3.45. The van der Waals surface area contributed by atoms with Crippen LogP contribution in [0.5, 0.6) is 0 Å². The van der Waals surface area contributed by atoms with Gasteiger partial charge in [0.1, 0.15) is 5.76 Å². The molecule has 1 fully saturated rings. The van der Waals surface area contributed by atoms with Gasteiger partial charge in [0.15, 0.2) is 5.96 Å². The first-order valence-corrected chi connectivity index (χ1v) is 9.87. The highest BCUT2D eigenvalue weighted by molar-refractivity contribution is 14.0. The Labute approximate surface area is 193 Å². The third-order valence-electron chi connectivity index (χ3n) is 4.96. The van der Waals surface area contributed by atoms with Crippen LogP contribution in [0.3, 0.4) is 0 Å². The van der Waals surface area contributed by atoms with Crippen LogP contribution in [0.15, 0.2) is 52.1 Å². The lowest BCUT2D eigenvalue weighted by Crippen LogP contribution is -2.43. The first kappa shape index (κ1) is 23.9. The monoisotopic (exact) mass is 528 g/mol. The van der Waals surface area contributed by atoms with E-state index < -0.39 is 4.92 Å². The van der Waals surface area contributed by atoms with E-state index in [2.05, 4.69) is 25.8 Å². The molecule has 1 aliphatic rings. The molecule has 2 aromatic rings. The Morgan fingerprint density at radius 1 is 1.20 bits per heavy atom. The summed E-state index contributed by atoms with van der Waals surface area (Å²) >= 11 is 0. The predicted octanol–water partition coefficient (Wildman–Crippen LogP) is 3.22. The van der Waals surface area contributed by atoms with Crippen LogP contribution in [0, 0.1) is 10.1 Å². The second-order valence-corrected chi connectivity index (χ2v) is 6.88. The van der Waals surface area contributed by atoms with Gasteiger partial charge in [-0.25, -0.2) is 0 Å². The van der Waals surface area contributed by atoms with Gasteiger partial charge in [-0.15, -0.1) is 24.0 Å². The maximum atomic E-state index is 10.7. The van der Waals surface area contributed by atoms with Gasteiger partial charge in [0.25, 0.3) is 5.69 Å². The number of anilines is 1. The Bertz CT molecular complexity index is 791. The van der Waals surface area contributed by atoms with Crippen molar-refractivity contribution in [3.8, 4) is 0 Å². The molecule has 1 atom stereocenters. The highest BCUT2D eigenvalue weighted by atomic mass is 127. The summed E-state index contributed by atoms with van der Waals surface area (Å²) in [4.78, 5) is 17.0. The average Bonchev–Trinajstić information content (AvgIpc) is 3.45. The number of hydrogen-bond acceptors (Lipinski definition) is 6. The first-order valence-electron chi connectivity index (χ1n) is 9.87. The van der Waals surface area contributed by atoms with Crippen molar-refractivity contribution in [3.05, 3.63) is 58.5 Å². The van der Waals surface area contributed by atoms with Crippen molar-refractivity contribution >= 4 is 41.3 Å². The van der Waals surface area contributed by atoms with E-state index in [1.807, 2.05) is 12.1 Å². The molecule has 1 aliphatic heterocycles. The largest absolute Gasteiger partial charge is 0.468 e. The van der Waals surface area contributed by atoms with Crippen molar-refractivity contribution in [3.63, 3.8) is 0 Å². The van der Waals surface area contributed by atoms with Gasteiger partial charge in [-0.3, -0.25) is 20.0 Å². The first-order chi connectivity index (χ1) is 14.2. The average molecular weight is 528 g/mol. The molecule has 0 aliphatic carbocycles. The normalized spacial score (nSPS) is 15.3. The van der Waals surface area contributed by atoms with Gasteiger partial charge in [0.2, 0.25) is 0 Å². The molecule has 3 N–H and O–H groups in total. The molecule has 1 aromatic carbocycles. The molecule has 1 unspecified atom stereocenters. The van der Waals surface area contributed by atoms with Crippen molar-refractivity contribution in [2.24, 2.45) is 4.99 Å². The number of nitro groups is 1. The molecular formula is C20H29IN6O3. The highest BCUT2D eigenvalue weighted by Gasteiger charge is 2.25. The van der Waals surface area contributed by atoms with Crippen molar-refractivity contribution in [1.82, 2.24) is 15.5 Å². The molecule has 0 bridgehead atoms. The number of benzene rings is 1. The Hall–Kier alpha value is -2.34. The zero-order valence-electron chi connectivity index (χ0n) is 17.0. The van der Waals surface area contributed by atoms with Gasteiger partial charge < -0.3 is 20.4 Å². The van der Waals surface area contributed by atoms with E-state index in [0.717, 1.165) is 30.5 Å². The minimum absolute atomic E-state index is 0. The number of nitro benzene ring substituents is 1. The Morgan fingerprint density at radius 2 is 1.93 bits per heavy atom. The Balaban J connectivity index is 0.00000320.